The maximum atomic E-state index is 10.7. The molecule has 1 fully saturated rings. The van der Waals surface area contributed by atoms with Gasteiger partial charge in [0, 0.05) is 0 Å². The molecular weight excluding hydrogens is 172 g/mol. The first-order chi connectivity index (χ1) is 6.18. The summed E-state index contributed by atoms with van der Waals surface area (Å²) in [5, 5.41) is 12.4. The fourth-order valence-corrected chi connectivity index (χ4v) is 1.55. The summed E-state index contributed by atoms with van der Waals surface area (Å²) in [6, 6.07) is 0. The van der Waals surface area contributed by atoms with Crippen molar-refractivity contribution in [1.82, 2.24) is 10.1 Å². The molecule has 1 aliphatic carbocycles. The van der Waals surface area contributed by atoms with E-state index in [2.05, 4.69) is 10.1 Å². The summed E-state index contributed by atoms with van der Waals surface area (Å²) in [5.74, 6) is -0.146. The number of aliphatic carboxylic acids is 1. The lowest BCUT2D eigenvalue weighted by Crippen LogP contribution is -2.31. The molecule has 0 bridgehead atoms. The summed E-state index contributed by atoms with van der Waals surface area (Å²) in [4.78, 5) is 14.7. The summed E-state index contributed by atoms with van der Waals surface area (Å²) in [6.07, 6.45) is 1.54. The number of carbonyl (C=O) groups is 1. The summed E-state index contributed by atoms with van der Waals surface area (Å²) in [6.45, 7) is 1.72. The Labute approximate surface area is 74.8 Å². The lowest BCUT2D eigenvalue weighted by Gasteiger charge is -2.29. The van der Waals surface area contributed by atoms with Gasteiger partial charge in [-0.15, -0.1) is 0 Å². The Hall–Kier alpha value is -1.39. The molecule has 0 aromatic carbocycles. The van der Waals surface area contributed by atoms with Crippen LogP contribution in [0.4, 0.5) is 0 Å². The van der Waals surface area contributed by atoms with E-state index in [1.165, 1.54) is 0 Å². The lowest BCUT2D eigenvalue weighted by molar-refractivity contribution is -0.146. The van der Waals surface area contributed by atoms with E-state index in [1.807, 2.05) is 0 Å². The van der Waals surface area contributed by atoms with Crippen molar-refractivity contribution in [2.75, 3.05) is 0 Å². The average molecular weight is 182 g/mol. The summed E-state index contributed by atoms with van der Waals surface area (Å²) >= 11 is 0. The van der Waals surface area contributed by atoms with Gasteiger partial charge in [0.15, 0.2) is 5.82 Å². The minimum Gasteiger partial charge on any atom is -0.481 e. The van der Waals surface area contributed by atoms with Crippen molar-refractivity contribution in [3.8, 4) is 0 Å². The van der Waals surface area contributed by atoms with Gasteiger partial charge in [-0.05, 0) is 19.8 Å². The molecule has 1 heterocycles. The quantitative estimate of drug-likeness (QED) is 0.737. The Morgan fingerprint density at radius 2 is 2.38 bits per heavy atom. The molecular formula is C8H10N2O3. The summed E-state index contributed by atoms with van der Waals surface area (Å²) in [7, 11) is 0. The number of hydrogen-bond donors (Lipinski definition) is 1. The van der Waals surface area contributed by atoms with E-state index >= 15 is 0 Å². The number of aryl methyl sites for hydroxylation is 1. The molecule has 1 saturated carbocycles. The molecule has 2 atom stereocenters. The Bertz CT molecular complexity index is 334. The van der Waals surface area contributed by atoms with Crippen LogP contribution in [0.25, 0.3) is 0 Å². The van der Waals surface area contributed by atoms with Crippen molar-refractivity contribution >= 4 is 5.97 Å². The standard InChI is InChI=1S/C8H10N2O3/c1-4-9-7(13-10-4)5-2-3-6(5)8(11)12/h5-6H,2-3H2,1H3,(H,11,12)/t5-,6+/m1/s1. The van der Waals surface area contributed by atoms with E-state index < -0.39 is 5.97 Å². The Morgan fingerprint density at radius 3 is 2.77 bits per heavy atom. The smallest absolute Gasteiger partial charge is 0.307 e. The lowest BCUT2D eigenvalue weighted by atomic mass is 9.73. The molecule has 0 aliphatic heterocycles. The predicted molar refractivity (Wildman–Crippen MR) is 42.1 cm³/mol. The molecule has 1 aromatic rings. The van der Waals surface area contributed by atoms with Gasteiger partial charge < -0.3 is 9.63 Å². The zero-order chi connectivity index (χ0) is 9.42. The van der Waals surface area contributed by atoms with E-state index in [4.69, 9.17) is 9.63 Å². The van der Waals surface area contributed by atoms with Gasteiger partial charge in [0.2, 0.25) is 5.89 Å². The number of carboxylic acid groups (broad SMARTS) is 1. The molecule has 13 heavy (non-hydrogen) atoms. The second kappa shape index (κ2) is 2.83. The third-order valence-corrected chi connectivity index (χ3v) is 2.45. The number of aromatic nitrogens is 2. The molecule has 70 valence electrons. The molecule has 0 saturated heterocycles. The molecule has 1 aromatic heterocycles. The van der Waals surface area contributed by atoms with Gasteiger partial charge in [0.25, 0.3) is 0 Å². The molecule has 0 unspecified atom stereocenters. The van der Waals surface area contributed by atoms with Gasteiger partial charge >= 0.3 is 5.97 Å². The molecule has 5 nitrogen and oxygen atoms in total. The van der Waals surface area contributed by atoms with E-state index in [0.29, 0.717) is 18.1 Å². The first-order valence-electron chi connectivity index (χ1n) is 4.21. The predicted octanol–water partition coefficient (Wildman–Crippen LogP) is 0.956. The highest BCUT2D eigenvalue weighted by molar-refractivity contribution is 5.72. The van der Waals surface area contributed by atoms with Crippen LogP contribution in [0.3, 0.4) is 0 Å². The van der Waals surface area contributed by atoms with E-state index in [9.17, 15) is 4.79 Å². The van der Waals surface area contributed by atoms with Gasteiger partial charge in [-0.1, -0.05) is 5.16 Å². The van der Waals surface area contributed by atoms with Gasteiger partial charge in [-0.25, -0.2) is 0 Å². The highest BCUT2D eigenvalue weighted by Crippen LogP contribution is 2.41. The average Bonchev–Trinajstić information content (AvgIpc) is 2.32. The fraction of sp³-hybridized carbons (Fsp3) is 0.625. The first kappa shape index (κ1) is 8.22. The van der Waals surface area contributed by atoms with E-state index in [1.54, 1.807) is 6.92 Å². The molecule has 0 radical (unpaired) electrons. The maximum absolute atomic E-state index is 10.7. The largest absolute Gasteiger partial charge is 0.481 e. The highest BCUT2D eigenvalue weighted by Gasteiger charge is 2.40. The van der Waals surface area contributed by atoms with E-state index in [-0.39, 0.29) is 11.8 Å². The summed E-state index contributed by atoms with van der Waals surface area (Å²) in [5.41, 5.74) is 0. The zero-order valence-corrected chi connectivity index (χ0v) is 7.23. The molecule has 1 N–H and O–H groups in total. The van der Waals surface area contributed by atoms with Crippen molar-refractivity contribution in [2.45, 2.75) is 25.7 Å². The SMILES string of the molecule is Cc1noc([C@@H]2CC[C@@H]2C(=O)O)n1. The van der Waals surface area contributed by atoms with Crippen LogP contribution in [-0.2, 0) is 4.79 Å². The van der Waals surface area contributed by atoms with E-state index in [0.717, 1.165) is 6.42 Å². The van der Waals surface area contributed by atoms with Crippen LogP contribution in [0.2, 0.25) is 0 Å². The Morgan fingerprint density at radius 1 is 1.62 bits per heavy atom. The number of nitrogens with zero attached hydrogens (tertiary/aromatic N) is 2. The Kier molecular flexibility index (Phi) is 1.79. The number of carboxylic acids is 1. The summed E-state index contributed by atoms with van der Waals surface area (Å²) < 4.78 is 4.92. The monoisotopic (exact) mass is 182 g/mol. The minimum absolute atomic E-state index is 0.0706. The molecule has 5 heteroatoms. The molecule has 2 rings (SSSR count). The molecule has 0 spiro atoms. The van der Waals surface area contributed by atoms with Gasteiger partial charge in [0.05, 0.1) is 11.8 Å². The number of rotatable bonds is 2. The van der Waals surface area contributed by atoms with Crippen molar-refractivity contribution in [3.63, 3.8) is 0 Å². The number of hydrogen-bond acceptors (Lipinski definition) is 4. The van der Waals surface area contributed by atoms with Crippen LogP contribution >= 0.6 is 0 Å². The van der Waals surface area contributed by atoms with Gasteiger partial charge in [-0.2, -0.15) is 4.98 Å². The van der Waals surface area contributed by atoms with Crippen molar-refractivity contribution in [1.29, 1.82) is 0 Å². The minimum atomic E-state index is -0.771. The molecule has 0 amide bonds. The van der Waals surface area contributed by atoms with Crippen LogP contribution in [0.15, 0.2) is 4.52 Å². The van der Waals surface area contributed by atoms with Crippen LogP contribution in [0, 0.1) is 12.8 Å². The van der Waals surface area contributed by atoms with Crippen molar-refractivity contribution in [3.05, 3.63) is 11.7 Å². The van der Waals surface area contributed by atoms with Crippen LogP contribution in [0.5, 0.6) is 0 Å². The fourth-order valence-electron chi connectivity index (χ4n) is 1.55. The van der Waals surface area contributed by atoms with Crippen molar-refractivity contribution in [2.24, 2.45) is 5.92 Å². The Balaban J connectivity index is 2.14. The second-order valence-electron chi connectivity index (χ2n) is 3.31. The van der Waals surface area contributed by atoms with Gasteiger partial charge in [-0.3, -0.25) is 4.79 Å². The van der Waals surface area contributed by atoms with Crippen molar-refractivity contribution < 1.29 is 14.4 Å². The van der Waals surface area contributed by atoms with Gasteiger partial charge in [0.1, 0.15) is 0 Å². The van der Waals surface area contributed by atoms with Crippen LogP contribution in [-0.4, -0.2) is 21.2 Å². The third-order valence-electron chi connectivity index (χ3n) is 2.45. The topological polar surface area (TPSA) is 76.2 Å². The van der Waals surface area contributed by atoms with Crippen LogP contribution < -0.4 is 0 Å². The van der Waals surface area contributed by atoms with Crippen LogP contribution in [0.1, 0.15) is 30.5 Å². The zero-order valence-electron chi connectivity index (χ0n) is 7.23. The maximum Gasteiger partial charge on any atom is 0.307 e. The normalized spacial score (nSPS) is 26.8. The highest BCUT2D eigenvalue weighted by atomic mass is 16.5. The third kappa shape index (κ3) is 1.30. The second-order valence-corrected chi connectivity index (χ2v) is 3.31. The first-order valence-corrected chi connectivity index (χ1v) is 4.21. The molecule has 1 aliphatic rings.